The zero-order valence-corrected chi connectivity index (χ0v) is 7.84. The second-order valence-electron chi connectivity index (χ2n) is 4.68. The number of rotatable bonds is 4. The van der Waals surface area contributed by atoms with E-state index < -0.39 is 0 Å². The summed E-state index contributed by atoms with van der Waals surface area (Å²) in [6, 6.07) is 0. The third kappa shape index (κ3) is 1.60. The Labute approximate surface area is 70.4 Å². The van der Waals surface area contributed by atoms with Crippen molar-refractivity contribution >= 4 is 0 Å². The first-order chi connectivity index (χ1) is 5.33. The van der Waals surface area contributed by atoms with E-state index in [1.165, 1.54) is 25.2 Å². The van der Waals surface area contributed by atoms with E-state index in [2.05, 4.69) is 13.8 Å². The summed E-state index contributed by atoms with van der Waals surface area (Å²) in [6.45, 7) is 4.72. The lowest BCUT2D eigenvalue weighted by molar-refractivity contribution is 0.548. The van der Waals surface area contributed by atoms with Crippen LogP contribution in [0.25, 0.3) is 0 Å². The maximum absolute atomic E-state index is 2.42. The van der Waals surface area contributed by atoms with E-state index in [0.717, 1.165) is 17.8 Å². The number of unbranched alkanes of at least 4 members (excludes halogenated alkanes) is 1. The first kappa shape index (κ1) is 7.64. The zero-order valence-electron chi connectivity index (χ0n) is 7.84. The van der Waals surface area contributed by atoms with Crippen molar-refractivity contribution in [2.45, 2.75) is 46.0 Å². The third-order valence-corrected chi connectivity index (χ3v) is 3.63. The van der Waals surface area contributed by atoms with Crippen LogP contribution in [0.3, 0.4) is 0 Å². The molecular formula is C11H20. The predicted molar refractivity (Wildman–Crippen MR) is 48.4 cm³/mol. The Bertz CT molecular complexity index is 139. The molecule has 2 aliphatic carbocycles. The standard InChI is InChI=1S/C11H20/c1-3-4-5-9-7-11(9)10-6-8(10)2/h8-11H,3-7H2,1-2H3. The van der Waals surface area contributed by atoms with Gasteiger partial charge in [-0.3, -0.25) is 0 Å². The van der Waals surface area contributed by atoms with Gasteiger partial charge in [0.05, 0.1) is 0 Å². The van der Waals surface area contributed by atoms with Crippen LogP contribution in [0.15, 0.2) is 0 Å². The molecule has 64 valence electrons. The van der Waals surface area contributed by atoms with E-state index in [1.807, 2.05) is 0 Å². The lowest BCUT2D eigenvalue weighted by Gasteiger charge is -1.95. The number of hydrogen-bond donors (Lipinski definition) is 0. The highest BCUT2D eigenvalue weighted by molar-refractivity contribution is 5.00. The van der Waals surface area contributed by atoms with Gasteiger partial charge in [0.15, 0.2) is 0 Å². The second-order valence-corrected chi connectivity index (χ2v) is 4.68. The van der Waals surface area contributed by atoms with Crippen molar-refractivity contribution in [1.82, 2.24) is 0 Å². The minimum atomic E-state index is 1.09. The minimum absolute atomic E-state index is 1.09. The average Bonchev–Trinajstić information content (AvgIpc) is 2.81. The molecular weight excluding hydrogens is 132 g/mol. The first-order valence-electron chi connectivity index (χ1n) is 5.33. The molecule has 2 rings (SSSR count). The molecule has 0 aliphatic heterocycles. The van der Waals surface area contributed by atoms with Crippen LogP contribution in [0, 0.1) is 23.7 Å². The van der Waals surface area contributed by atoms with Crippen molar-refractivity contribution in [3.63, 3.8) is 0 Å². The Morgan fingerprint density at radius 1 is 1.18 bits per heavy atom. The first-order valence-corrected chi connectivity index (χ1v) is 5.33. The van der Waals surface area contributed by atoms with Gasteiger partial charge in [0, 0.05) is 0 Å². The Hall–Kier alpha value is 0. The summed E-state index contributed by atoms with van der Waals surface area (Å²) >= 11 is 0. The predicted octanol–water partition coefficient (Wildman–Crippen LogP) is 3.47. The molecule has 0 radical (unpaired) electrons. The maximum atomic E-state index is 2.42. The molecule has 0 bridgehead atoms. The summed E-state index contributed by atoms with van der Waals surface area (Å²) in [5.74, 6) is 4.59. The summed E-state index contributed by atoms with van der Waals surface area (Å²) in [6.07, 6.45) is 7.53. The summed E-state index contributed by atoms with van der Waals surface area (Å²) in [5.41, 5.74) is 0. The van der Waals surface area contributed by atoms with Crippen molar-refractivity contribution in [3.05, 3.63) is 0 Å². The lowest BCUT2D eigenvalue weighted by atomic mass is 10.1. The van der Waals surface area contributed by atoms with E-state index >= 15 is 0 Å². The van der Waals surface area contributed by atoms with Crippen LogP contribution in [0.5, 0.6) is 0 Å². The Balaban J connectivity index is 1.62. The molecule has 0 aromatic rings. The highest BCUT2D eigenvalue weighted by Gasteiger charge is 2.50. The topological polar surface area (TPSA) is 0 Å². The van der Waals surface area contributed by atoms with Gasteiger partial charge in [0.2, 0.25) is 0 Å². The highest BCUT2D eigenvalue weighted by atomic mass is 14.6. The van der Waals surface area contributed by atoms with Gasteiger partial charge in [-0.1, -0.05) is 33.1 Å². The maximum Gasteiger partial charge on any atom is -0.0352 e. The minimum Gasteiger partial charge on any atom is -0.0654 e. The van der Waals surface area contributed by atoms with Crippen molar-refractivity contribution in [1.29, 1.82) is 0 Å². The van der Waals surface area contributed by atoms with Gasteiger partial charge in [0.1, 0.15) is 0 Å². The van der Waals surface area contributed by atoms with Gasteiger partial charge in [-0.25, -0.2) is 0 Å². The molecule has 0 spiro atoms. The fraction of sp³-hybridized carbons (Fsp3) is 1.00. The quantitative estimate of drug-likeness (QED) is 0.578. The summed E-state index contributed by atoms with van der Waals surface area (Å²) in [4.78, 5) is 0. The largest absolute Gasteiger partial charge is 0.0654 e. The van der Waals surface area contributed by atoms with Gasteiger partial charge >= 0.3 is 0 Å². The van der Waals surface area contributed by atoms with E-state index in [4.69, 9.17) is 0 Å². The molecule has 4 atom stereocenters. The van der Waals surface area contributed by atoms with Crippen LogP contribution in [0.1, 0.15) is 46.0 Å². The van der Waals surface area contributed by atoms with Crippen molar-refractivity contribution in [2.75, 3.05) is 0 Å². The molecule has 0 amide bonds. The van der Waals surface area contributed by atoms with Gasteiger partial charge < -0.3 is 0 Å². The molecule has 2 saturated carbocycles. The molecule has 2 aliphatic rings. The molecule has 0 N–H and O–H groups in total. The van der Waals surface area contributed by atoms with E-state index in [0.29, 0.717) is 0 Å². The van der Waals surface area contributed by atoms with Crippen molar-refractivity contribution in [2.24, 2.45) is 23.7 Å². The zero-order chi connectivity index (χ0) is 7.84. The summed E-state index contributed by atoms with van der Waals surface area (Å²) < 4.78 is 0. The Morgan fingerprint density at radius 3 is 2.45 bits per heavy atom. The second kappa shape index (κ2) is 2.80. The molecule has 0 aromatic heterocycles. The fourth-order valence-corrected chi connectivity index (χ4v) is 2.54. The normalized spacial score (nSPS) is 47.5. The van der Waals surface area contributed by atoms with E-state index in [-0.39, 0.29) is 0 Å². The van der Waals surface area contributed by atoms with Crippen LogP contribution in [0.4, 0.5) is 0 Å². The molecule has 11 heavy (non-hydrogen) atoms. The van der Waals surface area contributed by atoms with Crippen LogP contribution in [-0.2, 0) is 0 Å². The van der Waals surface area contributed by atoms with Crippen molar-refractivity contribution < 1.29 is 0 Å². The van der Waals surface area contributed by atoms with E-state index in [1.54, 1.807) is 12.8 Å². The highest BCUT2D eigenvalue weighted by Crippen LogP contribution is 2.58. The van der Waals surface area contributed by atoms with Gasteiger partial charge in [0.25, 0.3) is 0 Å². The molecule has 0 aromatic carbocycles. The molecule has 0 heteroatoms. The smallest absolute Gasteiger partial charge is 0.0352 e. The summed E-state index contributed by atoms with van der Waals surface area (Å²) in [7, 11) is 0. The van der Waals surface area contributed by atoms with E-state index in [9.17, 15) is 0 Å². The third-order valence-electron chi connectivity index (χ3n) is 3.63. The fourth-order valence-electron chi connectivity index (χ4n) is 2.54. The average molecular weight is 152 g/mol. The number of hydrogen-bond acceptors (Lipinski definition) is 0. The van der Waals surface area contributed by atoms with Crippen LogP contribution < -0.4 is 0 Å². The Kier molecular flexibility index (Phi) is 1.95. The van der Waals surface area contributed by atoms with Gasteiger partial charge in [-0.15, -0.1) is 0 Å². The van der Waals surface area contributed by atoms with Crippen LogP contribution in [-0.4, -0.2) is 0 Å². The lowest BCUT2D eigenvalue weighted by Crippen LogP contribution is -1.86. The molecule has 0 saturated heterocycles. The van der Waals surface area contributed by atoms with Gasteiger partial charge in [-0.05, 0) is 36.5 Å². The summed E-state index contributed by atoms with van der Waals surface area (Å²) in [5, 5.41) is 0. The van der Waals surface area contributed by atoms with Crippen LogP contribution >= 0.6 is 0 Å². The molecule has 0 heterocycles. The Morgan fingerprint density at radius 2 is 1.91 bits per heavy atom. The molecule has 2 fully saturated rings. The van der Waals surface area contributed by atoms with Gasteiger partial charge in [-0.2, -0.15) is 0 Å². The SMILES string of the molecule is CCCCC1CC1C1CC1C. The molecule has 0 nitrogen and oxygen atoms in total. The monoisotopic (exact) mass is 152 g/mol. The molecule has 4 unspecified atom stereocenters. The van der Waals surface area contributed by atoms with Crippen LogP contribution in [0.2, 0.25) is 0 Å². The van der Waals surface area contributed by atoms with Crippen molar-refractivity contribution in [3.8, 4) is 0 Å².